The van der Waals surface area contributed by atoms with Crippen LogP contribution in [0.15, 0.2) is 66.7 Å². The number of aliphatic hydroxyl groups excluding tert-OH is 1. The third-order valence-electron chi connectivity index (χ3n) is 8.87. The van der Waals surface area contributed by atoms with Crippen LogP contribution in [0.3, 0.4) is 0 Å². The summed E-state index contributed by atoms with van der Waals surface area (Å²) in [6.45, 7) is 1.27. The summed E-state index contributed by atoms with van der Waals surface area (Å²) in [5, 5.41) is 17.9. The van der Waals surface area contributed by atoms with Crippen LogP contribution in [0.1, 0.15) is 71.5 Å². The van der Waals surface area contributed by atoms with E-state index in [4.69, 9.17) is 9.47 Å². The highest BCUT2D eigenvalue weighted by Crippen LogP contribution is 2.50. The minimum atomic E-state index is -2.94. The second-order valence-corrected chi connectivity index (χ2v) is 14.2. The summed E-state index contributed by atoms with van der Waals surface area (Å²) in [5.74, 6) is 1.76. The third kappa shape index (κ3) is 9.30. The van der Waals surface area contributed by atoms with E-state index < -0.39 is 22.9 Å². The summed E-state index contributed by atoms with van der Waals surface area (Å²) >= 11 is 0. The molecule has 0 bridgehead atoms. The SMILES string of the molecule is COc1cc(CNC[C@H](O)[C@H](Cc2ccccc2)NC(=O)c2cc(C3CCCC3)cc(N3CCCCS3(O)O)c2)cc(OC)c1.Cl. The maximum Gasteiger partial charge on any atom is 0.251 e. The van der Waals surface area contributed by atoms with Gasteiger partial charge in [0.1, 0.15) is 11.5 Å². The molecule has 3 aromatic rings. The van der Waals surface area contributed by atoms with Crippen LogP contribution in [0.2, 0.25) is 0 Å². The van der Waals surface area contributed by atoms with Gasteiger partial charge in [0.2, 0.25) is 0 Å². The van der Waals surface area contributed by atoms with Crippen LogP contribution in [0, 0.1) is 0 Å². The van der Waals surface area contributed by atoms with E-state index in [0.717, 1.165) is 55.2 Å². The maximum atomic E-state index is 13.9. The van der Waals surface area contributed by atoms with Gasteiger partial charge in [0.15, 0.2) is 0 Å². The number of nitrogens with one attached hydrogen (secondary N) is 2. The minimum Gasteiger partial charge on any atom is -0.497 e. The van der Waals surface area contributed by atoms with Crippen LogP contribution in [-0.4, -0.2) is 65.3 Å². The number of anilines is 1. The maximum absolute atomic E-state index is 13.9. The predicted molar refractivity (Wildman–Crippen MR) is 188 cm³/mol. The molecule has 5 N–H and O–H groups in total. The number of aliphatic hydroxyl groups is 1. The topological polar surface area (TPSA) is 124 Å². The number of halogens is 1. The van der Waals surface area contributed by atoms with Gasteiger partial charge in [0, 0.05) is 31.3 Å². The first-order valence-corrected chi connectivity index (χ1v) is 17.6. The first kappa shape index (κ1) is 35.9. The highest BCUT2D eigenvalue weighted by Gasteiger charge is 2.30. The second-order valence-electron chi connectivity index (χ2n) is 12.1. The Morgan fingerprint density at radius 3 is 2.28 bits per heavy atom. The molecule has 1 saturated heterocycles. The van der Waals surface area contributed by atoms with Crippen molar-refractivity contribution in [2.24, 2.45) is 0 Å². The van der Waals surface area contributed by atoms with Gasteiger partial charge in [-0.25, -0.2) is 0 Å². The average Bonchev–Trinajstić information content (AvgIpc) is 3.60. The fourth-order valence-corrected chi connectivity index (χ4v) is 8.06. The molecule has 1 aliphatic heterocycles. The minimum absolute atomic E-state index is 0. The smallest absolute Gasteiger partial charge is 0.251 e. The van der Waals surface area contributed by atoms with Crippen LogP contribution in [0.4, 0.5) is 5.69 Å². The van der Waals surface area contributed by atoms with Crippen molar-refractivity contribution >= 4 is 34.8 Å². The van der Waals surface area contributed by atoms with Gasteiger partial charge in [-0.15, -0.1) is 23.2 Å². The van der Waals surface area contributed by atoms with Gasteiger partial charge >= 0.3 is 0 Å². The molecule has 1 saturated carbocycles. The number of hydrogen-bond donors (Lipinski definition) is 5. The zero-order valence-electron chi connectivity index (χ0n) is 26.7. The van der Waals surface area contributed by atoms with Crippen molar-refractivity contribution in [3.8, 4) is 11.5 Å². The van der Waals surface area contributed by atoms with E-state index in [1.807, 2.05) is 60.7 Å². The number of nitrogens with zero attached hydrogens (tertiary/aromatic N) is 1. The van der Waals surface area contributed by atoms with Crippen molar-refractivity contribution in [1.82, 2.24) is 10.6 Å². The lowest BCUT2D eigenvalue weighted by molar-refractivity contribution is 0.0829. The van der Waals surface area contributed by atoms with Crippen molar-refractivity contribution in [3.63, 3.8) is 0 Å². The van der Waals surface area contributed by atoms with Gasteiger partial charge in [0.25, 0.3) is 5.91 Å². The fourth-order valence-electron chi connectivity index (χ4n) is 6.39. The van der Waals surface area contributed by atoms with Crippen molar-refractivity contribution in [3.05, 3.63) is 89.0 Å². The molecule has 0 unspecified atom stereocenters. The zero-order valence-corrected chi connectivity index (χ0v) is 28.3. The molecule has 0 spiro atoms. The number of carbonyl (C=O) groups is 1. The molecule has 3 aromatic carbocycles. The number of hydrogen-bond acceptors (Lipinski definition) is 8. The van der Waals surface area contributed by atoms with Crippen molar-refractivity contribution in [1.29, 1.82) is 0 Å². The Labute approximate surface area is 280 Å². The normalized spacial score (nSPS) is 18.2. The molecule has 5 rings (SSSR count). The molecule has 1 heterocycles. The van der Waals surface area contributed by atoms with Gasteiger partial charge in [-0.3, -0.25) is 18.2 Å². The highest BCUT2D eigenvalue weighted by atomic mass is 35.5. The number of amides is 1. The van der Waals surface area contributed by atoms with E-state index in [2.05, 4.69) is 10.6 Å². The second kappa shape index (κ2) is 16.7. The Kier molecular flexibility index (Phi) is 13.0. The molecule has 2 aliphatic rings. The van der Waals surface area contributed by atoms with Crippen LogP contribution >= 0.6 is 23.2 Å². The molecule has 11 heteroatoms. The molecule has 0 aromatic heterocycles. The summed E-state index contributed by atoms with van der Waals surface area (Å²) in [7, 11) is 0.275. The van der Waals surface area contributed by atoms with Crippen molar-refractivity contribution in [2.75, 3.05) is 37.4 Å². The molecule has 2 fully saturated rings. The molecule has 9 nitrogen and oxygen atoms in total. The van der Waals surface area contributed by atoms with E-state index in [0.29, 0.717) is 53.9 Å². The van der Waals surface area contributed by atoms with Crippen molar-refractivity contribution in [2.45, 2.75) is 69.6 Å². The van der Waals surface area contributed by atoms with Gasteiger partial charge < -0.3 is 25.2 Å². The van der Waals surface area contributed by atoms with Crippen LogP contribution in [-0.2, 0) is 13.0 Å². The summed E-state index contributed by atoms with van der Waals surface area (Å²) in [4.78, 5) is 13.9. The average molecular weight is 674 g/mol. The van der Waals surface area contributed by atoms with E-state index in [9.17, 15) is 19.0 Å². The lowest BCUT2D eigenvalue weighted by Gasteiger charge is -2.47. The summed E-state index contributed by atoms with van der Waals surface area (Å²) in [6, 6.07) is 20.6. The highest BCUT2D eigenvalue weighted by molar-refractivity contribution is 8.25. The van der Waals surface area contributed by atoms with Crippen molar-refractivity contribution < 1.29 is 28.5 Å². The van der Waals surface area contributed by atoms with Gasteiger partial charge in [-0.1, -0.05) is 43.2 Å². The van der Waals surface area contributed by atoms with E-state index >= 15 is 0 Å². The van der Waals surface area contributed by atoms with Crippen LogP contribution in [0.5, 0.6) is 11.5 Å². The molecule has 252 valence electrons. The number of rotatable bonds is 13. The number of carbonyl (C=O) groups excluding carboxylic acids is 1. The number of benzene rings is 3. The van der Waals surface area contributed by atoms with Crippen LogP contribution < -0.4 is 24.4 Å². The monoisotopic (exact) mass is 673 g/mol. The Morgan fingerprint density at radius 1 is 0.935 bits per heavy atom. The Hall–Kier alpha value is -2.99. The molecule has 0 radical (unpaired) electrons. The van der Waals surface area contributed by atoms with Gasteiger partial charge in [-0.2, -0.15) is 0 Å². The Balaban J connectivity index is 0.00000480. The molecular weight excluding hydrogens is 626 g/mol. The lowest BCUT2D eigenvalue weighted by atomic mass is 9.94. The van der Waals surface area contributed by atoms with Gasteiger partial charge in [-0.05, 0) is 85.0 Å². The predicted octanol–water partition coefficient (Wildman–Crippen LogP) is 6.54. The van der Waals surface area contributed by atoms with E-state index in [-0.39, 0.29) is 24.9 Å². The molecule has 46 heavy (non-hydrogen) atoms. The number of ether oxygens (including phenoxy) is 2. The molecule has 2 atom stereocenters. The van der Waals surface area contributed by atoms with E-state index in [1.165, 1.54) is 0 Å². The first-order chi connectivity index (χ1) is 21.8. The van der Waals surface area contributed by atoms with E-state index in [1.54, 1.807) is 24.6 Å². The third-order valence-corrected chi connectivity index (χ3v) is 10.8. The lowest BCUT2D eigenvalue weighted by Crippen LogP contribution is -2.48. The summed E-state index contributed by atoms with van der Waals surface area (Å²) in [6.07, 6.45) is 5.62. The molecule has 1 aliphatic carbocycles. The number of methoxy groups -OCH3 is 2. The quantitative estimate of drug-likeness (QED) is 0.139. The molecule has 1 amide bonds. The van der Waals surface area contributed by atoms with Gasteiger partial charge in [0.05, 0.1) is 37.8 Å². The summed E-state index contributed by atoms with van der Waals surface area (Å²) in [5.41, 5.74) is 4.16. The molecular formula is C35H48ClN3O6S. The Morgan fingerprint density at radius 2 is 1.63 bits per heavy atom. The Bertz CT molecular complexity index is 1400. The van der Waals surface area contributed by atoms with Crippen LogP contribution in [0.25, 0.3) is 0 Å². The zero-order chi connectivity index (χ0) is 31.8. The first-order valence-electron chi connectivity index (χ1n) is 15.9. The largest absolute Gasteiger partial charge is 0.497 e. The summed E-state index contributed by atoms with van der Waals surface area (Å²) < 4.78 is 34.2. The standard InChI is InChI=1S/C35H47N3O6S.ClH/c1-43-31-16-26(17-32(22-31)44-2)23-36-24-34(39)33(18-25-10-4-3-5-11-25)37-35(40)29-19-28(27-12-6-7-13-27)20-30(21-29)38-14-8-9-15-45(38,41)42;/h3-5,10-11,16-17,19-22,27,33-34,36,39,41-42H,6-9,12-15,18,23-24H2,1-2H3,(H,37,40);1H/t33-,34-;/m0./s1. The fraction of sp³-hybridized carbons (Fsp3) is 0.457.